The van der Waals surface area contributed by atoms with Crippen molar-refractivity contribution in [3.05, 3.63) is 54.6 Å². The van der Waals surface area contributed by atoms with E-state index in [9.17, 15) is 13.0 Å². The minimum atomic E-state index is -4.33. The van der Waals surface area contributed by atoms with Crippen LogP contribution in [0.3, 0.4) is 0 Å². The molecule has 0 aliphatic rings. The van der Waals surface area contributed by atoms with E-state index < -0.39 is 10.1 Å². The van der Waals surface area contributed by atoms with Crippen LogP contribution in [0.4, 0.5) is 0 Å². The van der Waals surface area contributed by atoms with Crippen LogP contribution in [0.15, 0.2) is 53.4 Å². The summed E-state index contributed by atoms with van der Waals surface area (Å²) in [6, 6.07) is 17.0. The first-order valence-corrected chi connectivity index (χ1v) is 7.45. The van der Waals surface area contributed by atoms with Crippen molar-refractivity contribution in [1.82, 2.24) is 4.57 Å². The summed E-state index contributed by atoms with van der Waals surface area (Å²) in [5.41, 5.74) is 1.94. The van der Waals surface area contributed by atoms with Gasteiger partial charge < -0.3 is 4.57 Å². The fraction of sp³-hybridized carbons (Fsp3) is 0.0667. The molecule has 1 radical (unpaired) electrons. The number of rotatable bonds is 2. The summed E-state index contributed by atoms with van der Waals surface area (Å²) < 4.78 is 34.9. The Balaban J connectivity index is 0.00000161. The molecule has 0 amide bonds. The first kappa shape index (κ1) is 16.3. The van der Waals surface area contributed by atoms with Crippen LogP contribution in [0.5, 0.6) is 0 Å². The summed E-state index contributed by atoms with van der Waals surface area (Å²) in [5.74, 6) is 0. The molecule has 0 atom stereocenters. The van der Waals surface area contributed by atoms with Crippen LogP contribution in [0.25, 0.3) is 22.2 Å². The number of fused-ring (bicyclic) bond motifs is 1. The Morgan fingerprint density at radius 3 is 2.43 bits per heavy atom. The SMILES string of the molecule is Cn1c(-c2ccccc2)c(S(=O)(=O)O)c2c[c]ccc21.[NaH]. The predicted molar refractivity (Wildman–Crippen MR) is 84.2 cm³/mol. The normalized spacial score (nSPS) is 11.3. The molecule has 0 saturated heterocycles. The van der Waals surface area contributed by atoms with Gasteiger partial charge in [0, 0.05) is 18.0 Å². The Morgan fingerprint density at radius 2 is 1.81 bits per heavy atom. The molecule has 1 aromatic heterocycles. The summed E-state index contributed by atoms with van der Waals surface area (Å²) >= 11 is 0. The van der Waals surface area contributed by atoms with Gasteiger partial charge in [0.2, 0.25) is 0 Å². The molecule has 0 aliphatic heterocycles. The zero-order valence-corrected chi connectivity index (χ0v) is 11.6. The molecule has 1 N–H and O–H groups in total. The molecule has 4 nitrogen and oxygen atoms in total. The second kappa shape index (κ2) is 5.94. The number of hydrogen-bond donors (Lipinski definition) is 1. The Morgan fingerprint density at radius 1 is 1.14 bits per heavy atom. The second-order valence-corrected chi connectivity index (χ2v) is 5.88. The van der Waals surface area contributed by atoms with Crippen LogP contribution >= 0.6 is 0 Å². The third kappa shape index (κ3) is 2.80. The molecule has 0 saturated carbocycles. The van der Waals surface area contributed by atoms with E-state index in [2.05, 4.69) is 6.07 Å². The van der Waals surface area contributed by atoms with Gasteiger partial charge in [-0.3, -0.25) is 4.55 Å². The van der Waals surface area contributed by atoms with Crippen LogP contribution in [0.2, 0.25) is 0 Å². The molecule has 0 fully saturated rings. The number of hydrogen-bond acceptors (Lipinski definition) is 2. The summed E-state index contributed by atoms with van der Waals surface area (Å²) in [6.07, 6.45) is 0. The molecule has 0 unspecified atom stereocenters. The quantitative estimate of drug-likeness (QED) is 0.583. The number of nitrogens with zero attached hydrogens (tertiary/aromatic N) is 1. The molecule has 3 rings (SSSR count). The third-order valence-corrected chi connectivity index (χ3v) is 4.23. The average molecular weight is 310 g/mol. The maximum absolute atomic E-state index is 11.8. The van der Waals surface area contributed by atoms with Gasteiger partial charge in [-0.2, -0.15) is 8.42 Å². The first-order chi connectivity index (χ1) is 9.50. The van der Waals surface area contributed by atoms with Gasteiger partial charge in [0.15, 0.2) is 0 Å². The van der Waals surface area contributed by atoms with Gasteiger partial charge in [-0.25, -0.2) is 0 Å². The van der Waals surface area contributed by atoms with Crippen molar-refractivity contribution in [2.24, 2.45) is 7.05 Å². The Kier molecular flexibility index (Phi) is 4.60. The van der Waals surface area contributed by atoms with Crippen LogP contribution < -0.4 is 0 Å². The topological polar surface area (TPSA) is 59.3 Å². The fourth-order valence-electron chi connectivity index (χ4n) is 2.48. The summed E-state index contributed by atoms with van der Waals surface area (Å²) in [4.78, 5) is -0.0712. The standard InChI is InChI=1S/C15H12NO3S.Na.H/c1-16-13-10-6-5-9-12(13)15(20(17,18)19)14(16)11-7-3-2-4-8-11;;/h2-4,6-10H,1H3,(H,17,18,19);;. The van der Waals surface area contributed by atoms with Gasteiger partial charge in [-0.15, -0.1) is 0 Å². The van der Waals surface area contributed by atoms with Gasteiger partial charge in [-0.1, -0.05) is 36.4 Å². The van der Waals surface area contributed by atoms with E-state index >= 15 is 0 Å². The molecule has 1 heterocycles. The zero-order valence-electron chi connectivity index (χ0n) is 10.7. The van der Waals surface area contributed by atoms with E-state index in [1.165, 1.54) is 0 Å². The predicted octanol–water partition coefficient (Wildman–Crippen LogP) is 2.24. The van der Waals surface area contributed by atoms with Gasteiger partial charge in [0.1, 0.15) is 4.90 Å². The number of aromatic nitrogens is 1. The summed E-state index contributed by atoms with van der Waals surface area (Å²) in [5, 5.41) is 0.469. The number of aryl methyl sites for hydroxylation is 1. The first-order valence-electron chi connectivity index (χ1n) is 6.01. The van der Waals surface area contributed by atoms with E-state index in [-0.39, 0.29) is 34.5 Å². The van der Waals surface area contributed by atoms with Crippen molar-refractivity contribution in [2.45, 2.75) is 4.90 Å². The van der Waals surface area contributed by atoms with Crippen LogP contribution in [0, 0.1) is 6.07 Å². The minimum absolute atomic E-state index is 0. The van der Waals surface area contributed by atoms with E-state index in [0.717, 1.165) is 11.1 Å². The molecule has 6 heteroatoms. The summed E-state index contributed by atoms with van der Waals surface area (Å²) in [7, 11) is -2.55. The van der Waals surface area contributed by atoms with Crippen molar-refractivity contribution in [3.8, 4) is 11.3 Å². The van der Waals surface area contributed by atoms with Crippen LogP contribution in [0.1, 0.15) is 0 Å². The van der Waals surface area contributed by atoms with Gasteiger partial charge in [0.25, 0.3) is 10.1 Å². The van der Waals surface area contributed by atoms with E-state index in [1.54, 1.807) is 29.8 Å². The van der Waals surface area contributed by atoms with E-state index in [1.807, 2.05) is 30.3 Å². The third-order valence-electron chi connectivity index (χ3n) is 3.30. The van der Waals surface area contributed by atoms with Gasteiger partial charge in [-0.05, 0) is 23.8 Å². The van der Waals surface area contributed by atoms with Crippen LogP contribution in [-0.2, 0) is 17.2 Å². The Bertz CT molecular complexity index is 886. The average Bonchev–Trinajstić information content (AvgIpc) is 2.73. The van der Waals surface area contributed by atoms with Crippen LogP contribution in [-0.4, -0.2) is 47.1 Å². The van der Waals surface area contributed by atoms with E-state index in [0.29, 0.717) is 11.1 Å². The molecular weight excluding hydrogens is 297 g/mol. The molecule has 2 aromatic carbocycles. The van der Waals surface area contributed by atoms with Crippen molar-refractivity contribution >= 4 is 50.6 Å². The molecule has 0 spiro atoms. The monoisotopic (exact) mass is 310 g/mol. The number of benzene rings is 2. The van der Waals surface area contributed by atoms with Gasteiger partial charge >= 0.3 is 29.6 Å². The Labute approximate surface area is 145 Å². The van der Waals surface area contributed by atoms with Crippen molar-refractivity contribution < 1.29 is 13.0 Å². The Hall–Kier alpha value is -1.11. The fourth-order valence-corrected chi connectivity index (χ4v) is 3.42. The molecule has 21 heavy (non-hydrogen) atoms. The molecule has 0 aliphatic carbocycles. The molecular formula is C15H13NNaO3S. The maximum atomic E-state index is 11.8. The zero-order chi connectivity index (χ0) is 14.3. The second-order valence-electron chi connectivity index (χ2n) is 4.52. The van der Waals surface area contributed by atoms with Crippen molar-refractivity contribution in [3.63, 3.8) is 0 Å². The summed E-state index contributed by atoms with van der Waals surface area (Å²) in [6.45, 7) is 0. The van der Waals surface area contributed by atoms with E-state index in [4.69, 9.17) is 0 Å². The molecule has 103 valence electrons. The molecule has 3 aromatic rings. The van der Waals surface area contributed by atoms with Crippen molar-refractivity contribution in [1.29, 1.82) is 0 Å². The van der Waals surface area contributed by atoms with Crippen molar-refractivity contribution in [2.75, 3.05) is 0 Å². The molecule has 0 bridgehead atoms. The van der Waals surface area contributed by atoms with Gasteiger partial charge in [0.05, 0.1) is 5.69 Å².